The predicted octanol–water partition coefficient (Wildman–Crippen LogP) is 3.38. The van der Waals surface area contributed by atoms with Gasteiger partial charge >= 0.3 is 0 Å². The van der Waals surface area contributed by atoms with E-state index in [1.54, 1.807) is 11.2 Å². The fraction of sp³-hybridized carbons (Fsp3) is 0.435. The van der Waals surface area contributed by atoms with Gasteiger partial charge in [0.15, 0.2) is 5.82 Å². The smallest absolute Gasteiger partial charge is 0.260 e. The lowest BCUT2D eigenvalue weighted by atomic mass is 9.96. The van der Waals surface area contributed by atoms with Crippen LogP contribution in [0, 0.1) is 0 Å². The number of rotatable bonds is 6. The molecule has 160 valence electrons. The van der Waals surface area contributed by atoms with E-state index in [2.05, 4.69) is 17.1 Å². The number of aryl methyl sites for hydroxylation is 1. The Morgan fingerprint density at radius 3 is 2.74 bits per heavy atom. The van der Waals surface area contributed by atoms with Gasteiger partial charge in [-0.2, -0.15) is 0 Å². The second kappa shape index (κ2) is 7.23. The van der Waals surface area contributed by atoms with Gasteiger partial charge in [0.25, 0.3) is 5.91 Å². The van der Waals surface area contributed by atoms with E-state index in [1.165, 1.54) is 0 Å². The number of nitrogens with zero attached hydrogens (tertiary/aromatic N) is 6. The molecule has 1 amide bonds. The average molecular weight is 418 g/mol. The maximum Gasteiger partial charge on any atom is 0.260 e. The highest BCUT2D eigenvalue weighted by Gasteiger charge is 2.43. The maximum absolute atomic E-state index is 13.5. The minimum absolute atomic E-state index is 0.0472. The predicted molar refractivity (Wildman–Crippen MR) is 117 cm³/mol. The number of hydrogen-bond acceptors (Lipinski definition) is 6. The van der Waals surface area contributed by atoms with Crippen LogP contribution in [-0.2, 0) is 18.5 Å². The van der Waals surface area contributed by atoms with Crippen LogP contribution in [0.1, 0.15) is 73.4 Å². The van der Waals surface area contributed by atoms with Crippen molar-refractivity contribution in [2.45, 2.75) is 64.6 Å². The Bertz CT molecular complexity index is 1160. The third-order valence-electron chi connectivity index (χ3n) is 6.55. The number of fused-ring (bicyclic) bond motifs is 1. The molecule has 1 aliphatic carbocycles. The molecule has 0 radical (unpaired) electrons. The summed E-state index contributed by atoms with van der Waals surface area (Å²) in [7, 11) is 0. The number of pyridine rings is 2. The molecule has 2 aliphatic rings. The van der Waals surface area contributed by atoms with Crippen LogP contribution in [0.3, 0.4) is 0 Å². The van der Waals surface area contributed by atoms with E-state index in [-0.39, 0.29) is 17.4 Å². The first-order valence-corrected chi connectivity index (χ1v) is 10.9. The highest BCUT2D eigenvalue weighted by molar-refractivity contribution is 6.10. The van der Waals surface area contributed by atoms with E-state index < -0.39 is 0 Å². The van der Waals surface area contributed by atoms with Crippen molar-refractivity contribution in [1.82, 2.24) is 24.7 Å². The van der Waals surface area contributed by atoms with Gasteiger partial charge in [-0.15, -0.1) is 10.2 Å². The summed E-state index contributed by atoms with van der Waals surface area (Å²) in [6, 6.07) is 7.44. The normalized spacial score (nSPS) is 17.7. The number of carbonyl (C=O) groups excluding carboxylic acids is 1. The molecule has 0 aromatic carbocycles. The first-order chi connectivity index (χ1) is 14.9. The molecule has 3 aromatic rings. The summed E-state index contributed by atoms with van der Waals surface area (Å²) < 4.78 is 1.93. The number of amides is 1. The quantitative estimate of drug-likeness (QED) is 0.660. The molecule has 0 saturated heterocycles. The number of aromatic nitrogens is 5. The zero-order valence-corrected chi connectivity index (χ0v) is 18.2. The first-order valence-electron chi connectivity index (χ1n) is 10.9. The summed E-state index contributed by atoms with van der Waals surface area (Å²) in [5.41, 5.74) is 10.6. The average Bonchev–Trinajstić information content (AvgIpc) is 3.23. The summed E-state index contributed by atoms with van der Waals surface area (Å²) in [5, 5.41) is 8.19. The van der Waals surface area contributed by atoms with Crippen molar-refractivity contribution < 1.29 is 4.79 Å². The SMILES string of the molecule is CC[C@@H](N)c1nc(C2(C)CC2)cc2c1CN(c1cccc(-c3nncn3CC)n1)C2=O. The van der Waals surface area contributed by atoms with E-state index in [0.717, 1.165) is 42.8 Å². The molecule has 0 bridgehead atoms. The van der Waals surface area contributed by atoms with Crippen LogP contribution in [0.25, 0.3) is 11.5 Å². The molecule has 2 N–H and O–H groups in total. The van der Waals surface area contributed by atoms with Gasteiger partial charge in [0, 0.05) is 34.8 Å². The van der Waals surface area contributed by atoms with E-state index in [0.29, 0.717) is 29.4 Å². The second-order valence-electron chi connectivity index (χ2n) is 8.71. The standard InChI is InChI=1S/C23H27N7O/c1-4-16(24)20-15-12-30(22(31)14(15)11-18(27-20)23(3)9-10-23)19-8-6-7-17(26-19)21-28-25-13-29(21)5-2/h6-8,11,13,16H,4-5,9-10,12,24H2,1-3H3/t16-/m1/s1. The summed E-state index contributed by atoms with van der Waals surface area (Å²) in [6.45, 7) is 7.45. The van der Waals surface area contributed by atoms with Crippen LogP contribution >= 0.6 is 0 Å². The van der Waals surface area contributed by atoms with Crippen LogP contribution < -0.4 is 10.6 Å². The van der Waals surface area contributed by atoms with E-state index in [1.807, 2.05) is 42.7 Å². The van der Waals surface area contributed by atoms with Crippen LogP contribution in [0.15, 0.2) is 30.6 Å². The molecule has 8 heteroatoms. The summed E-state index contributed by atoms with van der Waals surface area (Å²) in [6.07, 6.45) is 4.65. The number of nitrogens with two attached hydrogens (primary N) is 1. The van der Waals surface area contributed by atoms with Crippen LogP contribution in [0.5, 0.6) is 0 Å². The fourth-order valence-corrected chi connectivity index (χ4v) is 4.14. The number of anilines is 1. The molecular formula is C23H27N7O. The Labute approximate surface area is 181 Å². The van der Waals surface area contributed by atoms with Gasteiger partial charge in [0.1, 0.15) is 17.8 Å². The lowest BCUT2D eigenvalue weighted by molar-refractivity contribution is 0.0996. The number of hydrogen-bond donors (Lipinski definition) is 1. The highest BCUT2D eigenvalue weighted by atomic mass is 16.2. The molecular weight excluding hydrogens is 390 g/mol. The van der Waals surface area contributed by atoms with Crippen molar-refractivity contribution in [3.05, 3.63) is 53.1 Å². The number of carbonyl (C=O) groups is 1. The molecule has 4 heterocycles. The molecule has 5 rings (SSSR count). The van der Waals surface area contributed by atoms with Crippen LogP contribution in [0.4, 0.5) is 5.82 Å². The summed E-state index contributed by atoms with van der Waals surface area (Å²) in [4.78, 5) is 24.9. The molecule has 1 aliphatic heterocycles. The van der Waals surface area contributed by atoms with Crippen molar-refractivity contribution in [3.8, 4) is 11.5 Å². The highest BCUT2D eigenvalue weighted by Crippen LogP contribution is 2.48. The molecule has 3 aromatic heterocycles. The van der Waals surface area contributed by atoms with E-state index in [9.17, 15) is 4.79 Å². The lowest BCUT2D eigenvalue weighted by Crippen LogP contribution is -2.24. The monoisotopic (exact) mass is 417 g/mol. The van der Waals surface area contributed by atoms with Crippen molar-refractivity contribution >= 4 is 11.7 Å². The molecule has 1 fully saturated rings. The Hall–Kier alpha value is -3.13. The van der Waals surface area contributed by atoms with Gasteiger partial charge in [0.2, 0.25) is 0 Å². The zero-order chi connectivity index (χ0) is 21.8. The van der Waals surface area contributed by atoms with Crippen molar-refractivity contribution in [1.29, 1.82) is 0 Å². The molecule has 1 atom stereocenters. The van der Waals surface area contributed by atoms with Gasteiger partial charge < -0.3 is 10.3 Å². The fourth-order valence-electron chi connectivity index (χ4n) is 4.14. The van der Waals surface area contributed by atoms with Gasteiger partial charge in [0.05, 0.1) is 12.2 Å². The lowest BCUT2D eigenvalue weighted by Gasteiger charge is -2.17. The first kappa shape index (κ1) is 19.8. The van der Waals surface area contributed by atoms with Crippen LogP contribution in [-0.4, -0.2) is 30.6 Å². The Balaban J connectivity index is 1.55. The van der Waals surface area contributed by atoms with Gasteiger partial charge in [-0.1, -0.05) is 19.9 Å². The summed E-state index contributed by atoms with van der Waals surface area (Å²) in [5.74, 6) is 1.24. The van der Waals surface area contributed by atoms with Gasteiger partial charge in [-0.25, -0.2) is 4.98 Å². The van der Waals surface area contributed by atoms with Crippen LogP contribution in [0.2, 0.25) is 0 Å². The van der Waals surface area contributed by atoms with Crippen molar-refractivity contribution in [3.63, 3.8) is 0 Å². The van der Waals surface area contributed by atoms with E-state index in [4.69, 9.17) is 15.7 Å². The Morgan fingerprint density at radius 2 is 2.03 bits per heavy atom. The third-order valence-corrected chi connectivity index (χ3v) is 6.55. The van der Waals surface area contributed by atoms with E-state index >= 15 is 0 Å². The van der Waals surface area contributed by atoms with Crippen molar-refractivity contribution in [2.24, 2.45) is 5.73 Å². The second-order valence-corrected chi connectivity index (χ2v) is 8.71. The molecule has 0 unspecified atom stereocenters. The minimum Gasteiger partial charge on any atom is -0.323 e. The van der Waals surface area contributed by atoms with Gasteiger partial charge in [-0.3, -0.25) is 14.7 Å². The zero-order valence-electron chi connectivity index (χ0n) is 18.2. The molecule has 8 nitrogen and oxygen atoms in total. The van der Waals surface area contributed by atoms with Crippen molar-refractivity contribution in [2.75, 3.05) is 4.90 Å². The molecule has 1 saturated carbocycles. The maximum atomic E-state index is 13.5. The molecule has 0 spiro atoms. The third kappa shape index (κ3) is 3.22. The largest absolute Gasteiger partial charge is 0.323 e. The van der Waals surface area contributed by atoms with Gasteiger partial charge in [-0.05, 0) is 44.4 Å². The Morgan fingerprint density at radius 1 is 1.23 bits per heavy atom. The minimum atomic E-state index is -0.189. The molecule has 31 heavy (non-hydrogen) atoms. The summed E-state index contributed by atoms with van der Waals surface area (Å²) >= 11 is 0. The Kier molecular flexibility index (Phi) is 4.62. The topological polar surface area (TPSA) is 103 Å².